The lowest BCUT2D eigenvalue weighted by Gasteiger charge is -2.12. The molecule has 0 bridgehead atoms. The van der Waals surface area contributed by atoms with E-state index in [0.29, 0.717) is 0 Å². The van der Waals surface area contributed by atoms with E-state index >= 15 is 0 Å². The molecule has 0 radical (unpaired) electrons. The number of nitrogens with two attached hydrogens (primary N) is 1. The van der Waals surface area contributed by atoms with Crippen LogP contribution >= 0.6 is 27.5 Å². The molecular formula is C14H14BrClN2. The summed E-state index contributed by atoms with van der Waals surface area (Å²) in [6.07, 6.45) is 5.17. The average Bonchev–Trinajstić information content (AvgIpc) is 2.32. The summed E-state index contributed by atoms with van der Waals surface area (Å²) in [4.78, 5) is 4.13. The Kier molecular flexibility index (Phi) is 4.75. The zero-order valence-electron chi connectivity index (χ0n) is 9.81. The van der Waals surface area contributed by atoms with Crippen molar-refractivity contribution in [1.29, 1.82) is 0 Å². The summed E-state index contributed by atoms with van der Waals surface area (Å²) in [5.74, 6) is 0. The Labute approximate surface area is 120 Å². The highest BCUT2D eigenvalue weighted by Crippen LogP contribution is 2.18. The average molecular weight is 326 g/mol. The fraction of sp³-hybridized carbons (Fsp3) is 0.214. The van der Waals surface area contributed by atoms with Crippen LogP contribution in [0, 0.1) is 0 Å². The van der Waals surface area contributed by atoms with Gasteiger partial charge in [0.2, 0.25) is 0 Å². The molecule has 0 aliphatic heterocycles. The molecule has 0 aliphatic carbocycles. The smallest absolute Gasteiger partial charge is 0.0438 e. The summed E-state index contributed by atoms with van der Waals surface area (Å²) in [5.41, 5.74) is 8.38. The third-order valence-electron chi connectivity index (χ3n) is 2.70. The van der Waals surface area contributed by atoms with Crippen molar-refractivity contribution in [3.8, 4) is 0 Å². The molecule has 1 aromatic carbocycles. The highest BCUT2D eigenvalue weighted by atomic mass is 79.9. The maximum atomic E-state index is 6.15. The quantitative estimate of drug-likeness (QED) is 0.932. The van der Waals surface area contributed by atoms with Crippen LogP contribution in [0.2, 0.25) is 5.02 Å². The van der Waals surface area contributed by atoms with E-state index in [1.54, 1.807) is 6.20 Å². The van der Waals surface area contributed by atoms with Gasteiger partial charge in [-0.2, -0.15) is 0 Å². The van der Waals surface area contributed by atoms with E-state index in [2.05, 4.69) is 20.9 Å². The van der Waals surface area contributed by atoms with Gasteiger partial charge in [-0.3, -0.25) is 4.98 Å². The minimum atomic E-state index is 0.0426. The molecule has 2 rings (SSSR count). The lowest BCUT2D eigenvalue weighted by atomic mass is 10.0. The first kappa shape index (κ1) is 13.5. The molecule has 1 heterocycles. The van der Waals surface area contributed by atoms with Crippen molar-refractivity contribution in [2.45, 2.75) is 18.9 Å². The molecule has 0 aliphatic rings. The molecule has 0 spiro atoms. The summed E-state index contributed by atoms with van der Waals surface area (Å²) >= 11 is 9.53. The van der Waals surface area contributed by atoms with Gasteiger partial charge in [0.1, 0.15) is 0 Å². The minimum Gasteiger partial charge on any atom is -0.327 e. The molecule has 1 unspecified atom stereocenters. The van der Waals surface area contributed by atoms with Crippen molar-refractivity contribution in [3.05, 3.63) is 63.3 Å². The predicted molar refractivity (Wildman–Crippen MR) is 78.8 cm³/mol. The van der Waals surface area contributed by atoms with Crippen LogP contribution in [0.25, 0.3) is 0 Å². The molecule has 1 aromatic heterocycles. The maximum absolute atomic E-state index is 6.15. The molecule has 94 valence electrons. The zero-order valence-corrected chi connectivity index (χ0v) is 12.2. The van der Waals surface area contributed by atoms with Crippen LogP contribution in [0.3, 0.4) is 0 Å². The first-order valence-electron chi connectivity index (χ1n) is 5.73. The second-order valence-electron chi connectivity index (χ2n) is 4.27. The standard InChI is InChI=1S/C14H14BrClN2/c15-12-5-10(8-18-9-12)6-13(17)7-11-3-1-2-4-14(11)16/h1-5,8-9,13H,6-7,17H2. The van der Waals surface area contributed by atoms with Gasteiger partial charge in [0.25, 0.3) is 0 Å². The molecule has 2 N–H and O–H groups in total. The van der Waals surface area contributed by atoms with E-state index in [1.165, 1.54) is 0 Å². The number of halogens is 2. The van der Waals surface area contributed by atoms with Gasteiger partial charge in [0.05, 0.1) is 0 Å². The first-order chi connectivity index (χ1) is 8.65. The maximum Gasteiger partial charge on any atom is 0.0438 e. The van der Waals surface area contributed by atoms with Crippen molar-refractivity contribution in [2.24, 2.45) is 5.73 Å². The van der Waals surface area contributed by atoms with Crippen LogP contribution in [0.5, 0.6) is 0 Å². The van der Waals surface area contributed by atoms with Crippen molar-refractivity contribution in [1.82, 2.24) is 4.98 Å². The number of aromatic nitrogens is 1. The third kappa shape index (κ3) is 3.80. The normalized spacial score (nSPS) is 12.4. The number of hydrogen-bond acceptors (Lipinski definition) is 2. The fourth-order valence-electron chi connectivity index (χ4n) is 1.89. The molecule has 0 fully saturated rings. The Morgan fingerprint density at radius 1 is 1.22 bits per heavy atom. The van der Waals surface area contributed by atoms with Crippen LogP contribution in [-0.4, -0.2) is 11.0 Å². The molecule has 18 heavy (non-hydrogen) atoms. The van der Waals surface area contributed by atoms with Crippen LogP contribution in [-0.2, 0) is 12.8 Å². The van der Waals surface area contributed by atoms with Gasteiger partial charge in [0.15, 0.2) is 0 Å². The minimum absolute atomic E-state index is 0.0426. The number of hydrogen-bond donors (Lipinski definition) is 1. The Bertz CT molecular complexity index is 531. The van der Waals surface area contributed by atoms with Gasteiger partial charge < -0.3 is 5.73 Å². The summed E-state index contributed by atoms with van der Waals surface area (Å²) in [7, 11) is 0. The van der Waals surface area contributed by atoms with E-state index in [0.717, 1.165) is 33.5 Å². The number of pyridine rings is 1. The molecule has 0 saturated carbocycles. The summed E-state index contributed by atoms with van der Waals surface area (Å²) in [6, 6.07) is 9.90. The zero-order chi connectivity index (χ0) is 13.0. The molecule has 0 amide bonds. The van der Waals surface area contributed by atoms with Gasteiger partial charge in [-0.25, -0.2) is 0 Å². The molecule has 0 saturated heterocycles. The summed E-state index contributed by atoms with van der Waals surface area (Å²) in [6.45, 7) is 0. The summed E-state index contributed by atoms with van der Waals surface area (Å²) < 4.78 is 0.977. The van der Waals surface area contributed by atoms with E-state index < -0.39 is 0 Å². The van der Waals surface area contributed by atoms with Crippen molar-refractivity contribution < 1.29 is 0 Å². The van der Waals surface area contributed by atoms with Crippen molar-refractivity contribution >= 4 is 27.5 Å². The number of benzene rings is 1. The lowest BCUT2D eigenvalue weighted by molar-refractivity contribution is 0.663. The molecule has 2 aromatic rings. The van der Waals surface area contributed by atoms with Crippen LogP contribution in [0.15, 0.2) is 47.2 Å². The van der Waals surface area contributed by atoms with Crippen molar-refractivity contribution in [3.63, 3.8) is 0 Å². The monoisotopic (exact) mass is 324 g/mol. The Hall–Kier alpha value is -0.900. The molecule has 4 heteroatoms. The van der Waals surface area contributed by atoms with Crippen molar-refractivity contribution in [2.75, 3.05) is 0 Å². The Balaban J connectivity index is 2.01. The topological polar surface area (TPSA) is 38.9 Å². The largest absolute Gasteiger partial charge is 0.327 e. The van der Waals surface area contributed by atoms with Crippen LogP contribution in [0.1, 0.15) is 11.1 Å². The van der Waals surface area contributed by atoms with Gasteiger partial charge in [-0.1, -0.05) is 29.8 Å². The van der Waals surface area contributed by atoms with E-state index in [-0.39, 0.29) is 6.04 Å². The van der Waals surface area contributed by atoms with Gasteiger partial charge in [0, 0.05) is 27.9 Å². The number of nitrogens with zero attached hydrogens (tertiary/aromatic N) is 1. The number of rotatable bonds is 4. The fourth-order valence-corrected chi connectivity index (χ4v) is 2.51. The SMILES string of the molecule is NC(Cc1cncc(Br)c1)Cc1ccccc1Cl. The van der Waals surface area contributed by atoms with E-state index in [9.17, 15) is 0 Å². The first-order valence-corrected chi connectivity index (χ1v) is 6.90. The lowest BCUT2D eigenvalue weighted by Crippen LogP contribution is -2.25. The van der Waals surface area contributed by atoms with Crippen LogP contribution in [0.4, 0.5) is 0 Å². The summed E-state index contributed by atoms with van der Waals surface area (Å²) in [5, 5.41) is 0.778. The second-order valence-corrected chi connectivity index (χ2v) is 5.59. The van der Waals surface area contributed by atoms with Crippen LogP contribution < -0.4 is 5.73 Å². The Morgan fingerprint density at radius 3 is 2.72 bits per heavy atom. The highest BCUT2D eigenvalue weighted by molar-refractivity contribution is 9.10. The molecular weight excluding hydrogens is 312 g/mol. The highest BCUT2D eigenvalue weighted by Gasteiger charge is 2.08. The third-order valence-corrected chi connectivity index (χ3v) is 3.50. The Morgan fingerprint density at radius 2 is 2.00 bits per heavy atom. The van der Waals surface area contributed by atoms with Gasteiger partial charge in [-0.15, -0.1) is 0 Å². The van der Waals surface area contributed by atoms with Gasteiger partial charge in [-0.05, 0) is 52.0 Å². The predicted octanol–water partition coefficient (Wildman–Crippen LogP) is 3.61. The van der Waals surface area contributed by atoms with E-state index in [1.807, 2.05) is 36.5 Å². The molecule has 2 nitrogen and oxygen atoms in total. The second kappa shape index (κ2) is 6.32. The van der Waals surface area contributed by atoms with Gasteiger partial charge >= 0.3 is 0 Å². The molecule has 1 atom stereocenters. The van der Waals surface area contributed by atoms with E-state index in [4.69, 9.17) is 17.3 Å².